The largest absolute Gasteiger partial charge is 0.397 e. The second-order valence-corrected chi connectivity index (χ2v) is 5.91. The zero-order chi connectivity index (χ0) is 15.1. The molecule has 4 aromatic rings. The van der Waals surface area contributed by atoms with E-state index in [1.165, 1.54) is 0 Å². The Labute approximate surface area is 130 Å². The summed E-state index contributed by atoms with van der Waals surface area (Å²) in [5.74, 6) is 0.839. The maximum atomic E-state index is 5.89. The number of nitrogens with one attached hydrogen (secondary N) is 1. The van der Waals surface area contributed by atoms with Crippen LogP contribution < -0.4 is 11.5 Å². The first-order chi connectivity index (χ1) is 10.7. The molecule has 6 heteroatoms. The number of aromatic nitrogens is 3. The van der Waals surface area contributed by atoms with Gasteiger partial charge >= 0.3 is 0 Å². The standard InChI is InChI=1S/C16H13N5S/c17-11-3-1-9(5-12(11)18)10-2-4-13-14(6-10)21-16(20-13)15-7-19-8-22-15/h1-8H,17-18H2,(H,20,21). The number of thiazole rings is 1. The summed E-state index contributed by atoms with van der Waals surface area (Å²) in [5, 5.41) is 0. The summed E-state index contributed by atoms with van der Waals surface area (Å²) in [6.45, 7) is 0. The Bertz CT molecular complexity index is 956. The number of benzene rings is 2. The topological polar surface area (TPSA) is 93.6 Å². The fourth-order valence-electron chi connectivity index (χ4n) is 2.39. The summed E-state index contributed by atoms with van der Waals surface area (Å²) in [6, 6.07) is 11.8. The number of nitrogens with two attached hydrogens (primary N) is 2. The molecule has 22 heavy (non-hydrogen) atoms. The normalized spacial score (nSPS) is 11.1. The van der Waals surface area contributed by atoms with Gasteiger partial charge in [-0.2, -0.15) is 0 Å². The van der Waals surface area contributed by atoms with E-state index in [1.54, 1.807) is 16.8 Å². The van der Waals surface area contributed by atoms with Gasteiger partial charge in [0, 0.05) is 6.20 Å². The summed E-state index contributed by atoms with van der Waals surface area (Å²) in [7, 11) is 0. The Hall–Kier alpha value is -2.86. The van der Waals surface area contributed by atoms with Crippen LogP contribution in [0.2, 0.25) is 0 Å². The summed E-state index contributed by atoms with van der Waals surface area (Å²) >= 11 is 1.56. The van der Waals surface area contributed by atoms with Crippen LogP contribution in [0.15, 0.2) is 48.1 Å². The van der Waals surface area contributed by atoms with Gasteiger partial charge in [0.2, 0.25) is 0 Å². The number of H-pyrrole nitrogens is 1. The highest BCUT2D eigenvalue weighted by molar-refractivity contribution is 7.13. The molecule has 5 nitrogen and oxygen atoms in total. The highest BCUT2D eigenvalue weighted by Gasteiger charge is 2.08. The molecule has 4 rings (SSSR count). The van der Waals surface area contributed by atoms with Crippen LogP contribution in [0.4, 0.5) is 11.4 Å². The molecular formula is C16H13N5S. The van der Waals surface area contributed by atoms with Crippen LogP contribution in [0.25, 0.3) is 32.9 Å². The number of hydrogen-bond acceptors (Lipinski definition) is 5. The maximum absolute atomic E-state index is 5.89. The van der Waals surface area contributed by atoms with Gasteiger partial charge in [0.25, 0.3) is 0 Å². The van der Waals surface area contributed by atoms with E-state index in [-0.39, 0.29) is 0 Å². The van der Waals surface area contributed by atoms with Crippen LogP contribution in [-0.4, -0.2) is 15.0 Å². The zero-order valence-corrected chi connectivity index (χ0v) is 12.4. The molecule has 0 aliphatic rings. The zero-order valence-electron chi connectivity index (χ0n) is 11.6. The summed E-state index contributed by atoms with van der Waals surface area (Å²) in [4.78, 5) is 13.0. The molecule has 0 radical (unpaired) electrons. The van der Waals surface area contributed by atoms with Gasteiger partial charge in [-0.1, -0.05) is 12.1 Å². The van der Waals surface area contributed by atoms with Crippen molar-refractivity contribution < 1.29 is 0 Å². The Balaban J connectivity index is 1.81. The van der Waals surface area contributed by atoms with Crippen LogP contribution in [0, 0.1) is 0 Å². The molecule has 0 bridgehead atoms. The highest BCUT2D eigenvalue weighted by Crippen LogP contribution is 2.29. The Morgan fingerprint density at radius 3 is 2.55 bits per heavy atom. The van der Waals surface area contributed by atoms with Crippen molar-refractivity contribution in [3.05, 3.63) is 48.1 Å². The van der Waals surface area contributed by atoms with E-state index in [1.807, 2.05) is 36.5 Å². The lowest BCUT2D eigenvalue weighted by molar-refractivity contribution is 1.34. The second-order valence-electron chi connectivity index (χ2n) is 5.03. The van der Waals surface area contributed by atoms with E-state index in [9.17, 15) is 0 Å². The van der Waals surface area contributed by atoms with Crippen LogP contribution in [0.1, 0.15) is 0 Å². The number of nitrogen functional groups attached to an aromatic ring is 2. The van der Waals surface area contributed by atoms with Crippen molar-refractivity contribution in [3.8, 4) is 21.8 Å². The minimum absolute atomic E-state index is 0.590. The number of anilines is 2. The van der Waals surface area contributed by atoms with Gasteiger partial charge in [0.05, 0.1) is 32.8 Å². The van der Waals surface area contributed by atoms with E-state index < -0.39 is 0 Å². The molecule has 2 heterocycles. The summed E-state index contributed by atoms with van der Waals surface area (Å²) in [6.07, 6.45) is 1.81. The molecule has 0 aliphatic carbocycles. The lowest BCUT2D eigenvalue weighted by Crippen LogP contribution is -1.94. The number of fused-ring (bicyclic) bond motifs is 1. The average molecular weight is 307 g/mol. The number of aromatic amines is 1. The van der Waals surface area contributed by atoms with E-state index in [4.69, 9.17) is 11.5 Å². The second kappa shape index (κ2) is 4.85. The van der Waals surface area contributed by atoms with Crippen molar-refractivity contribution in [3.63, 3.8) is 0 Å². The van der Waals surface area contributed by atoms with Crippen molar-refractivity contribution in [1.29, 1.82) is 0 Å². The summed E-state index contributed by atoms with van der Waals surface area (Å²) in [5.41, 5.74) is 18.6. The van der Waals surface area contributed by atoms with Crippen LogP contribution in [-0.2, 0) is 0 Å². The third-order valence-electron chi connectivity index (χ3n) is 3.57. The van der Waals surface area contributed by atoms with E-state index in [2.05, 4.69) is 21.0 Å². The van der Waals surface area contributed by atoms with Crippen molar-refractivity contribution in [2.24, 2.45) is 0 Å². The van der Waals surface area contributed by atoms with Gasteiger partial charge in [-0.15, -0.1) is 11.3 Å². The number of hydrogen-bond donors (Lipinski definition) is 3. The predicted molar refractivity (Wildman–Crippen MR) is 91.5 cm³/mol. The highest BCUT2D eigenvalue weighted by atomic mass is 32.1. The predicted octanol–water partition coefficient (Wildman–Crippen LogP) is 3.52. The van der Waals surface area contributed by atoms with Gasteiger partial charge in [-0.25, -0.2) is 4.98 Å². The Morgan fingerprint density at radius 1 is 0.955 bits per heavy atom. The molecule has 0 amide bonds. The van der Waals surface area contributed by atoms with Gasteiger partial charge in [-0.05, 0) is 35.4 Å². The molecule has 108 valence electrons. The Morgan fingerprint density at radius 2 is 1.77 bits per heavy atom. The lowest BCUT2D eigenvalue weighted by atomic mass is 10.0. The minimum Gasteiger partial charge on any atom is -0.397 e. The molecule has 0 atom stereocenters. The third kappa shape index (κ3) is 2.10. The quantitative estimate of drug-likeness (QED) is 0.494. The Kier molecular flexibility index (Phi) is 2.83. The number of rotatable bonds is 2. The summed E-state index contributed by atoms with van der Waals surface area (Å²) < 4.78 is 0. The molecule has 5 N–H and O–H groups in total. The molecule has 0 unspecified atom stereocenters. The van der Waals surface area contributed by atoms with Crippen molar-refractivity contribution in [2.45, 2.75) is 0 Å². The van der Waals surface area contributed by atoms with Gasteiger partial charge in [0.1, 0.15) is 5.82 Å². The maximum Gasteiger partial charge on any atom is 0.150 e. The average Bonchev–Trinajstić information content (AvgIpc) is 3.17. The smallest absolute Gasteiger partial charge is 0.150 e. The van der Waals surface area contributed by atoms with E-state index in [0.29, 0.717) is 11.4 Å². The molecule has 0 saturated carbocycles. The lowest BCUT2D eigenvalue weighted by Gasteiger charge is -2.05. The van der Waals surface area contributed by atoms with Crippen LogP contribution in [0.5, 0.6) is 0 Å². The molecule has 0 spiro atoms. The monoisotopic (exact) mass is 307 g/mol. The van der Waals surface area contributed by atoms with Gasteiger partial charge in [0.15, 0.2) is 0 Å². The SMILES string of the molecule is Nc1ccc(-c2ccc3nc(-c4cncs4)[nH]c3c2)cc1N. The van der Waals surface area contributed by atoms with E-state index >= 15 is 0 Å². The third-order valence-corrected chi connectivity index (χ3v) is 4.35. The first kappa shape index (κ1) is 12.8. The number of nitrogens with zero attached hydrogens (tertiary/aromatic N) is 2. The van der Waals surface area contributed by atoms with Crippen molar-refractivity contribution in [2.75, 3.05) is 11.5 Å². The van der Waals surface area contributed by atoms with E-state index in [0.717, 1.165) is 32.9 Å². The molecule has 0 aliphatic heterocycles. The molecular weight excluding hydrogens is 294 g/mol. The van der Waals surface area contributed by atoms with Crippen molar-refractivity contribution >= 4 is 33.7 Å². The van der Waals surface area contributed by atoms with Crippen LogP contribution in [0.3, 0.4) is 0 Å². The number of imidazole rings is 1. The van der Waals surface area contributed by atoms with Crippen molar-refractivity contribution in [1.82, 2.24) is 15.0 Å². The fraction of sp³-hybridized carbons (Fsp3) is 0. The first-order valence-corrected chi connectivity index (χ1v) is 7.63. The molecule has 0 saturated heterocycles. The van der Waals surface area contributed by atoms with Gasteiger partial charge in [-0.3, -0.25) is 4.98 Å². The first-order valence-electron chi connectivity index (χ1n) is 6.75. The minimum atomic E-state index is 0.590. The molecule has 2 aromatic heterocycles. The van der Waals surface area contributed by atoms with Crippen LogP contribution >= 0.6 is 11.3 Å². The molecule has 0 fully saturated rings. The fourth-order valence-corrected chi connectivity index (χ4v) is 2.96. The van der Waals surface area contributed by atoms with Gasteiger partial charge < -0.3 is 16.5 Å². The molecule has 2 aromatic carbocycles.